The lowest BCUT2D eigenvalue weighted by atomic mass is 10.1. The number of nitrogens with one attached hydrogen (secondary N) is 1. The molecule has 0 saturated carbocycles. The average Bonchev–Trinajstić information content (AvgIpc) is 3.11. The van der Waals surface area contributed by atoms with E-state index >= 15 is 0 Å². The Morgan fingerprint density at radius 1 is 1.19 bits per heavy atom. The number of carbonyl (C=O) groups is 2. The van der Waals surface area contributed by atoms with Crippen LogP contribution in [0.3, 0.4) is 0 Å². The maximum absolute atomic E-state index is 12.2. The molecule has 0 aliphatic rings. The molecule has 0 aliphatic carbocycles. The molecular formula is C20H17NO6. The highest BCUT2D eigenvalue weighted by Gasteiger charge is 2.15. The summed E-state index contributed by atoms with van der Waals surface area (Å²) in [7, 11) is 0. The van der Waals surface area contributed by atoms with Gasteiger partial charge in [-0.15, -0.1) is 0 Å². The molecule has 1 N–H and O–H groups in total. The van der Waals surface area contributed by atoms with Gasteiger partial charge in [0.15, 0.2) is 0 Å². The number of esters is 1. The number of fused-ring (bicyclic) bond motifs is 1. The molecule has 7 nitrogen and oxygen atoms in total. The summed E-state index contributed by atoms with van der Waals surface area (Å²) in [4.78, 5) is 36.1. The van der Waals surface area contributed by atoms with Crippen molar-refractivity contribution in [3.8, 4) is 5.75 Å². The Kier molecular flexibility index (Phi) is 5.21. The van der Waals surface area contributed by atoms with Crippen LogP contribution in [-0.2, 0) is 11.3 Å². The van der Waals surface area contributed by atoms with Crippen LogP contribution < -0.4 is 15.7 Å². The fourth-order valence-corrected chi connectivity index (χ4v) is 2.37. The van der Waals surface area contributed by atoms with E-state index in [-0.39, 0.29) is 23.4 Å². The number of rotatable bonds is 5. The van der Waals surface area contributed by atoms with Gasteiger partial charge in [0.25, 0.3) is 5.91 Å². The first-order chi connectivity index (χ1) is 12.9. The van der Waals surface area contributed by atoms with Crippen molar-refractivity contribution in [1.29, 1.82) is 0 Å². The normalized spacial score (nSPS) is 10.4. The first-order valence-electron chi connectivity index (χ1n) is 8.17. The van der Waals surface area contributed by atoms with Gasteiger partial charge in [0.1, 0.15) is 22.7 Å². The molecule has 0 bridgehead atoms. The monoisotopic (exact) mass is 367 g/mol. The van der Waals surface area contributed by atoms with Crippen LogP contribution >= 0.6 is 0 Å². The van der Waals surface area contributed by atoms with E-state index < -0.39 is 17.5 Å². The first-order valence-corrected chi connectivity index (χ1v) is 8.17. The van der Waals surface area contributed by atoms with Gasteiger partial charge in [-0.3, -0.25) is 4.79 Å². The van der Waals surface area contributed by atoms with Crippen molar-refractivity contribution in [3.63, 3.8) is 0 Å². The topological polar surface area (TPSA) is 98.8 Å². The Bertz CT molecular complexity index is 1070. The molecule has 1 aromatic carbocycles. The van der Waals surface area contributed by atoms with Crippen molar-refractivity contribution < 1.29 is 23.2 Å². The largest absolute Gasteiger partial charge is 0.467 e. The molecule has 0 fully saturated rings. The number of furan rings is 1. The summed E-state index contributed by atoms with van der Waals surface area (Å²) in [5, 5.41) is 3.12. The van der Waals surface area contributed by atoms with Gasteiger partial charge in [-0.25, -0.2) is 9.59 Å². The number of allylic oxidation sites excluding steroid dienone is 1. The molecule has 138 valence electrons. The van der Waals surface area contributed by atoms with E-state index in [0.29, 0.717) is 11.1 Å². The number of carbonyl (C=O) groups excluding carboxylic acids is 2. The van der Waals surface area contributed by atoms with E-state index in [0.717, 1.165) is 5.57 Å². The zero-order chi connectivity index (χ0) is 19.4. The summed E-state index contributed by atoms with van der Waals surface area (Å²) in [6.45, 7) is 3.71. The van der Waals surface area contributed by atoms with Gasteiger partial charge in [-0.2, -0.15) is 0 Å². The maximum Gasteiger partial charge on any atom is 0.349 e. The van der Waals surface area contributed by atoms with Crippen molar-refractivity contribution in [2.24, 2.45) is 0 Å². The number of hydrogen-bond donors (Lipinski definition) is 1. The summed E-state index contributed by atoms with van der Waals surface area (Å²) in [6.07, 6.45) is 2.85. The molecule has 0 radical (unpaired) electrons. The summed E-state index contributed by atoms with van der Waals surface area (Å²) in [5.74, 6) is -0.286. The molecule has 3 rings (SSSR count). The summed E-state index contributed by atoms with van der Waals surface area (Å²) in [6, 6.07) is 9.43. The van der Waals surface area contributed by atoms with Crippen LogP contribution in [0.5, 0.6) is 5.75 Å². The highest BCUT2D eigenvalue weighted by Crippen LogP contribution is 2.21. The third kappa shape index (κ3) is 4.52. The van der Waals surface area contributed by atoms with Crippen LogP contribution in [0, 0.1) is 0 Å². The van der Waals surface area contributed by atoms with Gasteiger partial charge in [-0.05, 0) is 44.2 Å². The van der Waals surface area contributed by atoms with E-state index in [2.05, 4.69) is 5.32 Å². The zero-order valence-corrected chi connectivity index (χ0v) is 14.8. The van der Waals surface area contributed by atoms with Crippen molar-refractivity contribution in [1.82, 2.24) is 5.32 Å². The van der Waals surface area contributed by atoms with E-state index in [9.17, 15) is 14.4 Å². The highest BCUT2D eigenvalue weighted by molar-refractivity contribution is 5.96. The standard InChI is InChI=1S/C20H17NO6/c1-12(2)8-18(22)26-14-6-5-13-9-16(20(24)27-17(13)10-14)19(23)21-11-15-4-3-7-25-15/h3-10H,11H2,1-2H3,(H,21,23). The zero-order valence-electron chi connectivity index (χ0n) is 14.8. The Labute approximate surface area is 154 Å². The molecule has 7 heteroatoms. The second-order valence-electron chi connectivity index (χ2n) is 6.05. The van der Waals surface area contributed by atoms with Gasteiger partial charge >= 0.3 is 11.6 Å². The third-order valence-corrected chi connectivity index (χ3v) is 3.58. The molecule has 27 heavy (non-hydrogen) atoms. The second kappa shape index (κ2) is 7.74. The number of hydrogen-bond acceptors (Lipinski definition) is 6. The first kappa shape index (κ1) is 18.2. The van der Waals surface area contributed by atoms with Crippen molar-refractivity contribution >= 4 is 22.8 Å². The van der Waals surface area contributed by atoms with E-state index in [1.54, 1.807) is 38.1 Å². The Hall–Kier alpha value is -3.61. The summed E-state index contributed by atoms with van der Waals surface area (Å²) < 4.78 is 15.5. The molecule has 0 atom stereocenters. The third-order valence-electron chi connectivity index (χ3n) is 3.58. The molecule has 0 spiro atoms. The van der Waals surface area contributed by atoms with E-state index in [1.807, 2.05) is 0 Å². The van der Waals surface area contributed by atoms with Crippen LogP contribution in [0.1, 0.15) is 30.0 Å². The summed E-state index contributed by atoms with van der Waals surface area (Å²) >= 11 is 0. The second-order valence-corrected chi connectivity index (χ2v) is 6.05. The molecule has 0 unspecified atom stereocenters. The smallest absolute Gasteiger partial charge is 0.349 e. The predicted molar refractivity (Wildman–Crippen MR) is 97.4 cm³/mol. The van der Waals surface area contributed by atoms with Gasteiger partial charge in [0, 0.05) is 17.5 Å². The van der Waals surface area contributed by atoms with Crippen molar-refractivity contribution in [2.45, 2.75) is 20.4 Å². The lowest BCUT2D eigenvalue weighted by Crippen LogP contribution is -2.27. The molecule has 0 aliphatic heterocycles. The fraction of sp³-hybridized carbons (Fsp3) is 0.150. The van der Waals surface area contributed by atoms with Gasteiger partial charge in [-0.1, -0.05) is 5.57 Å². The molecular weight excluding hydrogens is 350 g/mol. The average molecular weight is 367 g/mol. The van der Waals surface area contributed by atoms with E-state index in [1.165, 1.54) is 24.5 Å². The summed E-state index contributed by atoms with van der Waals surface area (Å²) in [5.41, 5.74) is 0.109. The molecule has 2 heterocycles. The maximum atomic E-state index is 12.2. The van der Waals surface area contributed by atoms with Crippen LogP contribution in [0.25, 0.3) is 11.0 Å². The lowest BCUT2D eigenvalue weighted by molar-refractivity contribution is -0.129. The number of ether oxygens (including phenoxy) is 1. The molecule has 3 aromatic rings. The van der Waals surface area contributed by atoms with Gasteiger partial charge in [0.05, 0.1) is 12.8 Å². The number of benzene rings is 1. The van der Waals surface area contributed by atoms with Crippen LogP contribution in [-0.4, -0.2) is 11.9 Å². The predicted octanol–water partition coefficient (Wildman–Crippen LogP) is 3.19. The minimum atomic E-state index is -0.785. The molecule has 1 amide bonds. The minimum Gasteiger partial charge on any atom is -0.467 e. The van der Waals surface area contributed by atoms with Crippen LogP contribution in [0.2, 0.25) is 0 Å². The van der Waals surface area contributed by atoms with Crippen LogP contribution in [0.4, 0.5) is 0 Å². The highest BCUT2D eigenvalue weighted by atomic mass is 16.5. The fourth-order valence-electron chi connectivity index (χ4n) is 2.37. The number of amides is 1. The van der Waals surface area contributed by atoms with Gasteiger partial charge < -0.3 is 18.9 Å². The Balaban J connectivity index is 1.81. The lowest BCUT2D eigenvalue weighted by Gasteiger charge is -2.06. The van der Waals surface area contributed by atoms with E-state index in [4.69, 9.17) is 13.6 Å². The van der Waals surface area contributed by atoms with Crippen molar-refractivity contribution in [3.05, 3.63) is 76.1 Å². The van der Waals surface area contributed by atoms with Gasteiger partial charge in [0.2, 0.25) is 0 Å². The molecule has 0 saturated heterocycles. The SMILES string of the molecule is CC(C)=CC(=O)Oc1ccc2cc(C(=O)NCc3ccco3)c(=O)oc2c1. The Morgan fingerprint density at radius 3 is 2.70 bits per heavy atom. The van der Waals surface area contributed by atoms with Crippen molar-refractivity contribution in [2.75, 3.05) is 0 Å². The quantitative estimate of drug-likeness (QED) is 0.322. The Morgan fingerprint density at radius 2 is 2.00 bits per heavy atom. The minimum absolute atomic E-state index is 0.122. The molecule has 2 aromatic heterocycles. The van der Waals surface area contributed by atoms with Crippen LogP contribution in [0.15, 0.2) is 67.9 Å².